The molecule has 0 atom stereocenters. The molecule has 1 aromatic heterocycles. The maximum absolute atomic E-state index is 11.1. The van der Waals surface area contributed by atoms with Gasteiger partial charge in [0.1, 0.15) is 11.4 Å². The molecule has 0 aliphatic carbocycles. The molecule has 0 aliphatic heterocycles. The van der Waals surface area contributed by atoms with E-state index >= 15 is 0 Å². The molecule has 5 nitrogen and oxygen atoms in total. The minimum Gasteiger partial charge on any atom is -0.478 e. The third-order valence-electron chi connectivity index (χ3n) is 2.71. The molecule has 1 aromatic rings. The minimum atomic E-state index is -0.933. The van der Waals surface area contributed by atoms with Gasteiger partial charge in [-0.05, 0) is 46.1 Å². The van der Waals surface area contributed by atoms with Gasteiger partial charge in [-0.25, -0.2) is 9.78 Å². The SMILES string of the molecule is Cc1ccc(C(=O)O)c(N(C)CCCN(C)C)n1. The van der Waals surface area contributed by atoms with E-state index < -0.39 is 5.97 Å². The summed E-state index contributed by atoms with van der Waals surface area (Å²) in [6.45, 7) is 3.62. The van der Waals surface area contributed by atoms with Crippen molar-refractivity contribution in [1.29, 1.82) is 0 Å². The van der Waals surface area contributed by atoms with Crippen LogP contribution in [-0.2, 0) is 0 Å². The summed E-state index contributed by atoms with van der Waals surface area (Å²) in [5.74, 6) is -0.391. The van der Waals surface area contributed by atoms with Crippen molar-refractivity contribution >= 4 is 11.8 Å². The molecule has 0 unspecified atom stereocenters. The number of pyridine rings is 1. The van der Waals surface area contributed by atoms with Crippen molar-refractivity contribution in [3.05, 3.63) is 23.4 Å². The van der Waals surface area contributed by atoms with Gasteiger partial charge < -0.3 is 14.9 Å². The first-order chi connectivity index (χ1) is 8.41. The van der Waals surface area contributed by atoms with E-state index in [1.807, 2.05) is 33.0 Å². The number of hydrogen-bond acceptors (Lipinski definition) is 4. The molecule has 0 amide bonds. The van der Waals surface area contributed by atoms with Crippen LogP contribution >= 0.6 is 0 Å². The van der Waals surface area contributed by atoms with Crippen molar-refractivity contribution < 1.29 is 9.90 Å². The lowest BCUT2D eigenvalue weighted by Gasteiger charge is -2.21. The molecular formula is C13H21N3O2. The molecule has 0 saturated carbocycles. The molecule has 0 saturated heterocycles. The Bertz CT molecular complexity index is 419. The van der Waals surface area contributed by atoms with E-state index in [-0.39, 0.29) is 5.56 Å². The van der Waals surface area contributed by atoms with Crippen LogP contribution in [0.25, 0.3) is 0 Å². The van der Waals surface area contributed by atoms with E-state index in [2.05, 4.69) is 9.88 Å². The third-order valence-corrected chi connectivity index (χ3v) is 2.71. The molecule has 0 aliphatic rings. The highest BCUT2D eigenvalue weighted by atomic mass is 16.4. The number of carboxylic acids is 1. The van der Waals surface area contributed by atoms with Crippen LogP contribution in [0.3, 0.4) is 0 Å². The Kier molecular flexibility index (Phi) is 5.09. The first-order valence-corrected chi connectivity index (χ1v) is 5.98. The molecule has 5 heteroatoms. The van der Waals surface area contributed by atoms with Gasteiger partial charge in [-0.3, -0.25) is 0 Å². The summed E-state index contributed by atoms with van der Waals surface area (Å²) in [4.78, 5) is 19.5. The second-order valence-corrected chi connectivity index (χ2v) is 4.71. The van der Waals surface area contributed by atoms with Gasteiger partial charge in [-0.2, -0.15) is 0 Å². The van der Waals surface area contributed by atoms with Crippen molar-refractivity contribution in [3.8, 4) is 0 Å². The van der Waals surface area contributed by atoms with Gasteiger partial charge in [0.25, 0.3) is 0 Å². The molecular weight excluding hydrogens is 230 g/mol. The fraction of sp³-hybridized carbons (Fsp3) is 0.538. The summed E-state index contributed by atoms with van der Waals surface area (Å²) in [5, 5.41) is 9.14. The monoisotopic (exact) mass is 251 g/mol. The highest BCUT2D eigenvalue weighted by Gasteiger charge is 2.15. The van der Waals surface area contributed by atoms with Gasteiger partial charge in [0.15, 0.2) is 0 Å². The fourth-order valence-electron chi connectivity index (χ4n) is 1.73. The van der Waals surface area contributed by atoms with E-state index in [4.69, 9.17) is 5.11 Å². The molecule has 0 radical (unpaired) electrons. The number of hydrogen-bond donors (Lipinski definition) is 1. The second kappa shape index (κ2) is 6.35. The fourth-order valence-corrected chi connectivity index (χ4v) is 1.73. The molecule has 0 bridgehead atoms. The molecule has 1 N–H and O–H groups in total. The Morgan fingerprint density at radius 3 is 2.50 bits per heavy atom. The van der Waals surface area contributed by atoms with Crippen LogP contribution in [0.1, 0.15) is 22.5 Å². The van der Waals surface area contributed by atoms with Gasteiger partial charge >= 0.3 is 5.97 Å². The number of carbonyl (C=O) groups is 1. The van der Waals surface area contributed by atoms with Crippen LogP contribution < -0.4 is 4.90 Å². The van der Waals surface area contributed by atoms with Crippen LogP contribution in [0.15, 0.2) is 12.1 Å². The lowest BCUT2D eigenvalue weighted by atomic mass is 10.2. The largest absolute Gasteiger partial charge is 0.478 e. The van der Waals surface area contributed by atoms with Crippen LogP contribution in [0.4, 0.5) is 5.82 Å². The van der Waals surface area contributed by atoms with Crippen LogP contribution in [0.5, 0.6) is 0 Å². The third kappa shape index (κ3) is 4.00. The van der Waals surface area contributed by atoms with Crippen molar-refractivity contribution in [2.45, 2.75) is 13.3 Å². The lowest BCUT2D eigenvalue weighted by molar-refractivity contribution is 0.0697. The van der Waals surface area contributed by atoms with E-state index in [9.17, 15) is 4.79 Å². The summed E-state index contributed by atoms with van der Waals surface area (Å²) in [6.07, 6.45) is 0.970. The normalized spacial score (nSPS) is 10.7. The molecule has 0 fully saturated rings. The smallest absolute Gasteiger partial charge is 0.339 e. The van der Waals surface area contributed by atoms with Crippen LogP contribution in [-0.4, -0.2) is 55.2 Å². The van der Waals surface area contributed by atoms with Gasteiger partial charge in [0.2, 0.25) is 0 Å². The van der Waals surface area contributed by atoms with E-state index in [1.165, 1.54) is 0 Å². The lowest BCUT2D eigenvalue weighted by Crippen LogP contribution is -2.25. The van der Waals surface area contributed by atoms with Gasteiger partial charge in [0.05, 0.1) is 0 Å². The zero-order valence-corrected chi connectivity index (χ0v) is 11.5. The van der Waals surface area contributed by atoms with Crippen LogP contribution in [0, 0.1) is 6.92 Å². The summed E-state index contributed by atoms with van der Waals surface area (Å²) >= 11 is 0. The number of aromatic nitrogens is 1. The molecule has 0 aromatic carbocycles. The quantitative estimate of drug-likeness (QED) is 0.830. The van der Waals surface area contributed by atoms with E-state index in [1.54, 1.807) is 12.1 Å². The molecule has 0 spiro atoms. The molecule has 1 heterocycles. The topological polar surface area (TPSA) is 56.7 Å². The summed E-state index contributed by atoms with van der Waals surface area (Å²) in [5.41, 5.74) is 1.09. The van der Waals surface area contributed by atoms with Crippen molar-refractivity contribution in [2.24, 2.45) is 0 Å². The van der Waals surface area contributed by atoms with E-state index in [0.717, 1.165) is 25.2 Å². The predicted molar refractivity (Wildman–Crippen MR) is 72.4 cm³/mol. The Morgan fingerprint density at radius 2 is 1.94 bits per heavy atom. The second-order valence-electron chi connectivity index (χ2n) is 4.71. The van der Waals surface area contributed by atoms with Crippen molar-refractivity contribution in [3.63, 3.8) is 0 Å². The maximum Gasteiger partial charge on any atom is 0.339 e. The first-order valence-electron chi connectivity index (χ1n) is 5.98. The Morgan fingerprint density at radius 1 is 1.28 bits per heavy atom. The maximum atomic E-state index is 11.1. The average molecular weight is 251 g/mol. The highest BCUT2D eigenvalue weighted by molar-refractivity contribution is 5.93. The average Bonchev–Trinajstić information content (AvgIpc) is 2.27. The number of carboxylic acid groups (broad SMARTS) is 1. The number of nitrogens with zero attached hydrogens (tertiary/aromatic N) is 3. The Labute approximate surface area is 108 Å². The summed E-state index contributed by atoms with van der Waals surface area (Å²) in [7, 11) is 5.92. The molecule has 100 valence electrons. The molecule has 1 rings (SSSR count). The number of aromatic carboxylic acids is 1. The summed E-state index contributed by atoms with van der Waals surface area (Å²) < 4.78 is 0. The van der Waals surface area contributed by atoms with Gasteiger partial charge in [0, 0.05) is 19.3 Å². The van der Waals surface area contributed by atoms with Gasteiger partial charge in [-0.15, -0.1) is 0 Å². The first kappa shape index (κ1) is 14.4. The number of anilines is 1. The van der Waals surface area contributed by atoms with Crippen molar-refractivity contribution in [1.82, 2.24) is 9.88 Å². The van der Waals surface area contributed by atoms with Crippen LogP contribution in [0.2, 0.25) is 0 Å². The standard InChI is InChI=1S/C13H21N3O2/c1-10-6-7-11(13(17)18)12(14-10)16(4)9-5-8-15(2)3/h6-7H,5,8-9H2,1-4H3,(H,17,18). The molecule has 18 heavy (non-hydrogen) atoms. The highest BCUT2D eigenvalue weighted by Crippen LogP contribution is 2.17. The zero-order chi connectivity index (χ0) is 13.7. The minimum absolute atomic E-state index is 0.257. The Balaban J connectivity index is 2.80. The summed E-state index contributed by atoms with van der Waals surface area (Å²) in [6, 6.07) is 3.34. The number of rotatable bonds is 6. The van der Waals surface area contributed by atoms with Crippen molar-refractivity contribution in [2.75, 3.05) is 39.1 Å². The predicted octanol–water partition coefficient (Wildman–Crippen LogP) is 1.48. The zero-order valence-electron chi connectivity index (χ0n) is 11.5. The number of aryl methyl sites for hydroxylation is 1. The Hall–Kier alpha value is -1.62. The van der Waals surface area contributed by atoms with Gasteiger partial charge in [-0.1, -0.05) is 0 Å². The van der Waals surface area contributed by atoms with E-state index in [0.29, 0.717) is 5.82 Å².